The monoisotopic (exact) mass is 461 g/mol. The lowest BCUT2D eigenvalue weighted by Gasteiger charge is -2.35. The van der Waals surface area contributed by atoms with Crippen LogP contribution in [0.5, 0.6) is 0 Å². The molecule has 1 aliphatic heterocycles. The van der Waals surface area contributed by atoms with E-state index in [9.17, 15) is 13.2 Å². The van der Waals surface area contributed by atoms with Crippen molar-refractivity contribution in [2.45, 2.75) is 31.2 Å². The molecule has 3 aromatic rings. The zero-order valence-electron chi connectivity index (χ0n) is 16.7. The molecule has 4 rings (SSSR count). The molecule has 9 heteroatoms. The Kier molecular flexibility index (Phi) is 5.82. The van der Waals surface area contributed by atoms with Crippen molar-refractivity contribution in [3.63, 3.8) is 0 Å². The molecular formula is C21H23N3O3S3. The summed E-state index contributed by atoms with van der Waals surface area (Å²) in [4.78, 5) is 17.7. The maximum Gasteiger partial charge on any atom is 0.238 e. The lowest BCUT2D eigenvalue weighted by molar-refractivity contribution is -0.117. The summed E-state index contributed by atoms with van der Waals surface area (Å²) >= 11 is 3.46. The van der Waals surface area contributed by atoms with Crippen molar-refractivity contribution in [1.29, 1.82) is 0 Å². The molecule has 1 atom stereocenters. The van der Waals surface area contributed by atoms with Gasteiger partial charge in [-0.25, -0.2) is 13.6 Å². The minimum absolute atomic E-state index is 0.00162. The number of nitrogens with one attached hydrogen (secondary N) is 1. The fourth-order valence-electron chi connectivity index (χ4n) is 3.81. The Morgan fingerprint density at radius 2 is 2.03 bits per heavy atom. The van der Waals surface area contributed by atoms with Gasteiger partial charge >= 0.3 is 0 Å². The Labute approximate surface area is 184 Å². The van der Waals surface area contributed by atoms with Gasteiger partial charge in [-0.3, -0.25) is 9.69 Å². The Bertz CT molecular complexity index is 1180. The molecule has 158 valence electrons. The molecule has 1 aliphatic rings. The number of amides is 1. The number of hydrogen-bond acceptors (Lipinski definition) is 6. The normalized spacial score (nSPS) is 17.0. The van der Waals surface area contributed by atoms with Crippen LogP contribution in [-0.2, 0) is 21.2 Å². The van der Waals surface area contributed by atoms with Gasteiger partial charge in [0, 0.05) is 22.0 Å². The number of benzene rings is 1. The minimum Gasteiger partial charge on any atom is -0.325 e. The highest BCUT2D eigenvalue weighted by Gasteiger charge is 2.31. The number of thiophene rings is 2. The summed E-state index contributed by atoms with van der Waals surface area (Å²) < 4.78 is 23.6. The van der Waals surface area contributed by atoms with Crippen molar-refractivity contribution in [3.8, 4) is 0 Å². The van der Waals surface area contributed by atoms with Crippen molar-refractivity contribution >= 4 is 44.3 Å². The lowest BCUT2D eigenvalue weighted by atomic mass is 9.98. The number of rotatable bonds is 5. The van der Waals surface area contributed by atoms with Gasteiger partial charge in [-0.15, -0.1) is 22.7 Å². The summed E-state index contributed by atoms with van der Waals surface area (Å²) in [6.45, 7) is 4.66. The predicted molar refractivity (Wildman–Crippen MR) is 122 cm³/mol. The average Bonchev–Trinajstić information content (AvgIpc) is 3.36. The second-order valence-electron chi connectivity index (χ2n) is 7.44. The van der Waals surface area contributed by atoms with Crippen LogP contribution in [0.25, 0.3) is 0 Å². The maximum absolute atomic E-state index is 12.9. The van der Waals surface area contributed by atoms with Gasteiger partial charge in [0.1, 0.15) is 0 Å². The molecule has 2 aromatic heterocycles. The molecule has 1 aromatic carbocycles. The number of aryl methyl sites for hydroxylation is 1. The topological polar surface area (TPSA) is 92.5 Å². The molecular weight excluding hydrogens is 438 g/mol. The molecule has 0 aliphatic carbocycles. The van der Waals surface area contributed by atoms with Crippen LogP contribution in [0.2, 0.25) is 0 Å². The van der Waals surface area contributed by atoms with E-state index in [1.165, 1.54) is 27.5 Å². The minimum atomic E-state index is -3.85. The summed E-state index contributed by atoms with van der Waals surface area (Å²) in [5, 5.41) is 12.4. The zero-order chi connectivity index (χ0) is 21.5. The van der Waals surface area contributed by atoms with Crippen LogP contribution in [0.1, 0.15) is 32.5 Å². The molecule has 0 saturated heterocycles. The van der Waals surface area contributed by atoms with Gasteiger partial charge in [0.15, 0.2) is 0 Å². The van der Waals surface area contributed by atoms with E-state index in [4.69, 9.17) is 5.14 Å². The molecule has 30 heavy (non-hydrogen) atoms. The first-order valence-electron chi connectivity index (χ1n) is 9.51. The average molecular weight is 462 g/mol. The van der Waals surface area contributed by atoms with E-state index in [-0.39, 0.29) is 23.4 Å². The summed E-state index contributed by atoms with van der Waals surface area (Å²) in [5.74, 6) is -0.177. The van der Waals surface area contributed by atoms with Crippen molar-refractivity contribution in [3.05, 3.63) is 67.5 Å². The Balaban J connectivity index is 1.58. The number of anilines is 1. The number of nitrogens with two attached hydrogens (primary N) is 1. The van der Waals surface area contributed by atoms with Crippen LogP contribution in [0.4, 0.5) is 5.69 Å². The first kappa shape index (κ1) is 21.2. The number of nitrogens with zero attached hydrogens (tertiary/aromatic N) is 1. The fourth-order valence-corrected chi connectivity index (χ4v) is 6.22. The van der Waals surface area contributed by atoms with Gasteiger partial charge in [-0.05, 0) is 72.0 Å². The standard InChI is InChI=1S/C21H23N3O3S3/c1-13-10-15(30(22,26)27)11-17(14(13)2)23-20(25)12-24-7-5-18-16(6-9-29-18)21(24)19-4-3-8-28-19/h3-4,6,8-11,21H,5,7,12H2,1-2H3,(H,23,25)(H2,22,26,27). The van der Waals surface area contributed by atoms with Crippen LogP contribution in [0.15, 0.2) is 46.0 Å². The highest BCUT2D eigenvalue weighted by molar-refractivity contribution is 7.89. The summed E-state index contributed by atoms with van der Waals surface area (Å²) in [7, 11) is -3.85. The SMILES string of the molecule is Cc1cc(S(N)(=O)=O)cc(NC(=O)CN2CCc3sccc3C2c2cccs2)c1C. The second-order valence-corrected chi connectivity index (χ2v) is 11.0. The lowest BCUT2D eigenvalue weighted by Crippen LogP contribution is -2.40. The number of carbonyl (C=O) groups excluding carboxylic acids is 1. The molecule has 0 spiro atoms. The van der Waals surface area contributed by atoms with Crippen molar-refractivity contribution in [2.75, 3.05) is 18.4 Å². The molecule has 1 amide bonds. The van der Waals surface area contributed by atoms with E-state index >= 15 is 0 Å². The third-order valence-electron chi connectivity index (χ3n) is 5.47. The molecule has 3 heterocycles. The van der Waals surface area contributed by atoms with E-state index < -0.39 is 10.0 Å². The maximum atomic E-state index is 12.9. The van der Waals surface area contributed by atoms with Gasteiger partial charge in [0.05, 0.1) is 17.5 Å². The van der Waals surface area contributed by atoms with Crippen LogP contribution < -0.4 is 10.5 Å². The largest absolute Gasteiger partial charge is 0.325 e. The number of fused-ring (bicyclic) bond motifs is 1. The van der Waals surface area contributed by atoms with Gasteiger partial charge in [-0.1, -0.05) is 6.07 Å². The molecule has 0 bridgehead atoms. The number of carbonyl (C=O) groups is 1. The molecule has 0 radical (unpaired) electrons. The molecule has 0 fully saturated rings. The number of sulfonamides is 1. The summed E-state index contributed by atoms with van der Waals surface area (Å²) in [6, 6.07) is 9.30. The van der Waals surface area contributed by atoms with E-state index in [0.717, 1.165) is 24.1 Å². The van der Waals surface area contributed by atoms with Crippen molar-refractivity contribution < 1.29 is 13.2 Å². The van der Waals surface area contributed by atoms with E-state index in [1.54, 1.807) is 29.6 Å². The molecule has 6 nitrogen and oxygen atoms in total. The van der Waals surface area contributed by atoms with E-state index in [2.05, 4.69) is 33.1 Å². The Hall–Kier alpha value is -2.04. The molecule has 1 unspecified atom stereocenters. The quantitative estimate of drug-likeness (QED) is 0.606. The second kappa shape index (κ2) is 8.24. The Morgan fingerprint density at radius 3 is 2.73 bits per heavy atom. The highest BCUT2D eigenvalue weighted by Crippen LogP contribution is 2.39. The Morgan fingerprint density at radius 1 is 1.23 bits per heavy atom. The van der Waals surface area contributed by atoms with Crippen LogP contribution in [-0.4, -0.2) is 32.3 Å². The van der Waals surface area contributed by atoms with Gasteiger partial charge in [-0.2, -0.15) is 0 Å². The zero-order valence-corrected chi connectivity index (χ0v) is 19.2. The van der Waals surface area contributed by atoms with Crippen LogP contribution >= 0.6 is 22.7 Å². The number of primary sulfonamides is 1. The summed E-state index contributed by atoms with van der Waals surface area (Å²) in [6.07, 6.45) is 0.918. The molecule has 0 saturated carbocycles. The van der Waals surface area contributed by atoms with Crippen LogP contribution in [0, 0.1) is 13.8 Å². The smallest absolute Gasteiger partial charge is 0.238 e. The highest BCUT2D eigenvalue weighted by atomic mass is 32.2. The van der Waals surface area contributed by atoms with Gasteiger partial charge in [0.25, 0.3) is 0 Å². The third-order valence-corrected chi connectivity index (χ3v) is 8.28. The van der Waals surface area contributed by atoms with Crippen molar-refractivity contribution in [2.24, 2.45) is 5.14 Å². The van der Waals surface area contributed by atoms with Crippen molar-refractivity contribution in [1.82, 2.24) is 4.90 Å². The van der Waals surface area contributed by atoms with E-state index in [1.807, 2.05) is 13.0 Å². The van der Waals surface area contributed by atoms with E-state index in [0.29, 0.717) is 5.69 Å². The summed E-state index contributed by atoms with van der Waals surface area (Å²) in [5.41, 5.74) is 3.33. The molecule has 3 N–H and O–H groups in total. The van der Waals surface area contributed by atoms with Gasteiger partial charge < -0.3 is 5.32 Å². The first-order chi connectivity index (χ1) is 14.2. The fraction of sp³-hybridized carbons (Fsp3) is 0.286. The first-order valence-corrected chi connectivity index (χ1v) is 12.8. The van der Waals surface area contributed by atoms with Crippen LogP contribution in [0.3, 0.4) is 0 Å². The predicted octanol–water partition coefficient (Wildman–Crippen LogP) is 3.66. The number of hydrogen-bond donors (Lipinski definition) is 2. The van der Waals surface area contributed by atoms with Gasteiger partial charge in [0.2, 0.25) is 15.9 Å². The third kappa shape index (κ3) is 4.21.